The molecule has 0 saturated carbocycles. The van der Waals surface area contributed by atoms with Gasteiger partial charge >= 0.3 is 0 Å². The molecule has 0 aromatic heterocycles. The molecule has 2 heterocycles. The van der Waals surface area contributed by atoms with Crippen LogP contribution in [0.5, 0.6) is 0 Å². The van der Waals surface area contributed by atoms with E-state index in [1.54, 1.807) is 0 Å². The molecule has 4 atom stereocenters. The maximum atomic E-state index is 5.81. The lowest BCUT2D eigenvalue weighted by molar-refractivity contribution is -0.0358. The van der Waals surface area contributed by atoms with Crippen LogP contribution < -0.4 is 5.32 Å². The summed E-state index contributed by atoms with van der Waals surface area (Å²) in [5, 5.41) is 3.70. The Hall–Kier alpha value is -0.120. The van der Waals surface area contributed by atoms with Gasteiger partial charge in [0.15, 0.2) is 0 Å². The molecule has 1 N–H and O–H groups in total. The fourth-order valence-electron chi connectivity index (χ4n) is 3.22. The third-order valence-electron chi connectivity index (χ3n) is 5.16. The first-order chi connectivity index (χ1) is 7.91. The van der Waals surface area contributed by atoms with Gasteiger partial charge in [0, 0.05) is 36.8 Å². The molecule has 0 aliphatic carbocycles. The molecule has 4 unspecified atom stereocenters. The Labute approximate surface area is 106 Å². The quantitative estimate of drug-likeness (QED) is 0.799. The molecule has 2 saturated heterocycles. The maximum absolute atomic E-state index is 5.81. The maximum Gasteiger partial charge on any atom is 0.0728 e. The molecule has 0 amide bonds. The first kappa shape index (κ1) is 13.3. The van der Waals surface area contributed by atoms with Crippen LogP contribution in [0.4, 0.5) is 0 Å². The van der Waals surface area contributed by atoms with E-state index < -0.39 is 0 Å². The summed E-state index contributed by atoms with van der Waals surface area (Å²) in [6, 6.07) is 0.601. The Kier molecular flexibility index (Phi) is 3.54. The van der Waals surface area contributed by atoms with Gasteiger partial charge in [0.2, 0.25) is 0 Å². The molecule has 2 aliphatic heterocycles. The van der Waals surface area contributed by atoms with Crippen LogP contribution in [0.15, 0.2) is 0 Å². The molecule has 2 fully saturated rings. The molecule has 0 radical (unpaired) electrons. The molecule has 2 aliphatic rings. The molecule has 3 nitrogen and oxygen atoms in total. The minimum absolute atomic E-state index is 0.220. The summed E-state index contributed by atoms with van der Waals surface area (Å²) in [5.74, 6) is 0. The topological polar surface area (TPSA) is 24.5 Å². The smallest absolute Gasteiger partial charge is 0.0728 e. The van der Waals surface area contributed by atoms with Gasteiger partial charge in [-0.1, -0.05) is 6.92 Å². The van der Waals surface area contributed by atoms with E-state index in [0.29, 0.717) is 12.1 Å². The van der Waals surface area contributed by atoms with Gasteiger partial charge in [-0.3, -0.25) is 4.90 Å². The van der Waals surface area contributed by atoms with Gasteiger partial charge in [-0.15, -0.1) is 0 Å². The van der Waals surface area contributed by atoms with Crippen molar-refractivity contribution in [2.24, 2.45) is 0 Å². The van der Waals surface area contributed by atoms with Crippen molar-refractivity contribution in [3.63, 3.8) is 0 Å². The van der Waals surface area contributed by atoms with Crippen LogP contribution in [0, 0.1) is 0 Å². The average molecular weight is 240 g/mol. The molecule has 17 heavy (non-hydrogen) atoms. The molecule has 3 heteroatoms. The zero-order chi connectivity index (χ0) is 12.7. The SMILES string of the molecule is CCC1(C)CN(C2(C)CCOC2C)C(C)CN1. The standard InChI is InChI=1S/C14H28N2O/c1-6-13(4)10-16(11(2)9-15-13)14(5)7-8-17-12(14)3/h11-12,15H,6-10H2,1-5H3. The Morgan fingerprint density at radius 1 is 1.35 bits per heavy atom. The van der Waals surface area contributed by atoms with E-state index in [-0.39, 0.29) is 11.1 Å². The normalized spacial score (nSPS) is 48.5. The van der Waals surface area contributed by atoms with Gasteiger partial charge in [0.25, 0.3) is 0 Å². The molecule has 0 spiro atoms. The minimum atomic E-state index is 0.220. The molecular weight excluding hydrogens is 212 g/mol. The lowest BCUT2D eigenvalue weighted by Crippen LogP contribution is -2.68. The van der Waals surface area contributed by atoms with Gasteiger partial charge in [0.05, 0.1) is 6.10 Å². The van der Waals surface area contributed by atoms with Gasteiger partial charge < -0.3 is 10.1 Å². The van der Waals surface area contributed by atoms with Gasteiger partial charge in [-0.05, 0) is 40.5 Å². The Bertz CT molecular complexity index is 283. The van der Waals surface area contributed by atoms with Crippen LogP contribution in [0.25, 0.3) is 0 Å². The Morgan fingerprint density at radius 3 is 2.59 bits per heavy atom. The highest BCUT2D eigenvalue weighted by atomic mass is 16.5. The van der Waals surface area contributed by atoms with Crippen molar-refractivity contribution in [2.75, 3.05) is 19.7 Å². The van der Waals surface area contributed by atoms with Crippen molar-refractivity contribution < 1.29 is 4.74 Å². The summed E-state index contributed by atoms with van der Waals surface area (Å²) in [5.41, 5.74) is 0.482. The second-order valence-corrected chi connectivity index (χ2v) is 6.39. The molecule has 0 bridgehead atoms. The van der Waals surface area contributed by atoms with Crippen molar-refractivity contribution in [1.82, 2.24) is 10.2 Å². The zero-order valence-corrected chi connectivity index (χ0v) is 12.0. The van der Waals surface area contributed by atoms with Crippen molar-refractivity contribution in [3.8, 4) is 0 Å². The summed E-state index contributed by atoms with van der Waals surface area (Å²) in [6.07, 6.45) is 2.70. The highest BCUT2D eigenvalue weighted by molar-refractivity contribution is 5.04. The van der Waals surface area contributed by atoms with Crippen molar-refractivity contribution >= 4 is 0 Å². The molecule has 0 aromatic carbocycles. The fraction of sp³-hybridized carbons (Fsp3) is 1.00. The third-order valence-corrected chi connectivity index (χ3v) is 5.16. The average Bonchev–Trinajstić information content (AvgIpc) is 2.64. The number of hydrogen-bond donors (Lipinski definition) is 1. The highest BCUT2D eigenvalue weighted by Crippen LogP contribution is 2.36. The summed E-state index contributed by atoms with van der Waals surface area (Å²) in [7, 11) is 0. The van der Waals surface area contributed by atoms with Gasteiger partial charge in [0.1, 0.15) is 0 Å². The summed E-state index contributed by atoms with van der Waals surface area (Å²) < 4.78 is 5.81. The number of ether oxygens (including phenoxy) is 1. The van der Waals surface area contributed by atoms with E-state index in [1.165, 1.54) is 6.42 Å². The summed E-state index contributed by atoms with van der Waals surface area (Å²) >= 11 is 0. The van der Waals surface area contributed by atoms with Crippen LogP contribution in [0.3, 0.4) is 0 Å². The summed E-state index contributed by atoms with van der Waals surface area (Å²) in [6.45, 7) is 14.7. The number of rotatable bonds is 2. The lowest BCUT2D eigenvalue weighted by Gasteiger charge is -2.52. The number of nitrogens with zero attached hydrogens (tertiary/aromatic N) is 1. The Morgan fingerprint density at radius 2 is 2.06 bits per heavy atom. The van der Waals surface area contributed by atoms with E-state index in [4.69, 9.17) is 4.74 Å². The molecule has 100 valence electrons. The molecular formula is C14H28N2O. The lowest BCUT2D eigenvalue weighted by atomic mass is 9.85. The largest absolute Gasteiger partial charge is 0.377 e. The second kappa shape index (κ2) is 4.52. The number of hydrogen-bond acceptors (Lipinski definition) is 3. The van der Waals surface area contributed by atoms with E-state index >= 15 is 0 Å². The Balaban J connectivity index is 2.18. The van der Waals surface area contributed by atoms with Crippen LogP contribution in [-0.4, -0.2) is 47.8 Å². The van der Waals surface area contributed by atoms with Crippen LogP contribution in [0.1, 0.15) is 47.5 Å². The van der Waals surface area contributed by atoms with Crippen molar-refractivity contribution in [3.05, 3.63) is 0 Å². The van der Waals surface area contributed by atoms with Crippen LogP contribution in [-0.2, 0) is 4.74 Å². The van der Waals surface area contributed by atoms with Crippen LogP contribution in [0.2, 0.25) is 0 Å². The third kappa shape index (κ3) is 2.25. The van der Waals surface area contributed by atoms with Gasteiger partial charge in [-0.25, -0.2) is 0 Å². The minimum Gasteiger partial charge on any atom is -0.377 e. The van der Waals surface area contributed by atoms with E-state index in [1.807, 2.05) is 0 Å². The van der Waals surface area contributed by atoms with Crippen molar-refractivity contribution in [2.45, 2.75) is 70.7 Å². The van der Waals surface area contributed by atoms with Crippen LogP contribution >= 0.6 is 0 Å². The predicted octanol–water partition coefficient (Wildman–Crippen LogP) is 2.02. The fourth-order valence-corrected chi connectivity index (χ4v) is 3.22. The number of nitrogens with one attached hydrogen (secondary N) is 1. The molecule has 2 rings (SSSR count). The second-order valence-electron chi connectivity index (χ2n) is 6.39. The summed E-state index contributed by atoms with van der Waals surface area (Å²) in [4.78, 5) is 2.69. The van der Waals surface area contributed by atoms with E-state index in [2.05, 4.69) is 44.8 Å². The van der Waals surface area contributed by atoms with E-state index in [9.17, 15) is 0 Å². The first-order valence-corrected chi connectivity index (χ1v) is 7.05. The van der Waals surface area contributed by atoms with Crippen molar-refractivity contribution in [1.29, 1.82) is 0 Å². The monoisotopic (exact) mass is 240 g/mol. The van der Waals surface area contributed by atoms with Gasteiger partial charge in [-0.2, -0.15) is 0 Å². The molecule has 0 aromatic rings. The first-order valence-electron chi connectivity index (χ1n) is 7.05. The van der Waals surface area contributed by atoms with E-state index in [0.717, 1.165) is 26.1 Å². The predicted molar refractivity (Wildman–Crippen MR) is 71.3 cm³/mol. The highest BCUT2D eigenvalue weighted by Gasteiger charge is 2.47. The number of piperazine rings is 1. The zero-order valence-electron chi connectivity index (χ0n) is 12.0.